The van der Waals surface area contributed by atoms with Crippen LogP contribution in [-0.4, -0.2) is 69.5 Å². The topological polar surface area (TPSA) is 34.2 Å². The molecule has 0 aliphatic carbocycles. The smallest absolute Gasteiger partial charge is 0.119 e. The molecule has 2 atom stereocenters. The van der Waals surface area contributed by atoms with Crippen LogP contribution in [-0.2, 0) is 4.74 Å². The molecule has 0 aromatic heterocycles. The first-order valence-electron chi connectivity index (χ1n) is 11.8. The third-order valence-electron chi connectivity index (χ3n) is 7.08. The molecule has 0 saturated carbocycles. The average molecular weight is 423 g/mol. The summed E-state index contributed by atoms with van der Waals surface area (Å²) in [4.78, 5) is 5.13. The zero-order valence-corrected chi connectivity index (χ0v) is 18.6. The average Bonchev–Trinajstić information content (AvgIpc) is 3.31. The lowest BCUT2D eigenvalue weighted by Crippen LogP contribution is -2.37. The van der Waals surface area contributed by atoms with E-state index in [9.17, 15) is 0 Å². The van der Waals surface area contributed by atoms with Crippen molar-refractivity contribution in [2.75, 3.05) is 59.7 Å². The van der Waals surface area contributed by atoms with Gasteiger partial charge in [-0.3, -0.25) is 9.80 Å². The van der Waals surface area contributed by atoms with E-state index in [-0.39, 0.29) is 0 Å². The summed E-state index contributed by atoms with van der Waals surface area (Å²) in [7, 11) is 1.72. The molecule has 166 valence electrons. The van der Waals surface area contributed by atoms with E-state index in [2.05, 4.69) is 52.3 Å². The third kappa shape index (κ3) is 4.59. The van der Waals surface area contributed by atoms with Crippen molar-refractivity contribution < 1.29 is 14.2 Å². The molecule has 0 N–H and O–H groups in total. The second kappa shape index (κ2) is 9.60. The largest absolute Gasteiger partial charge is 0.497 e. The number of fused-ring (bicyclic) bond motifs is 3. The van der Waals surface area contributed by atoms with Gasteiger partial charge in [0.25, 0.3) is 0 Å². The molecule has 5 rings (SSSR count). The van der Waals surface area contributed by atoms with Crippen LogP contribution >= 0.6 is 0 Å². The molecule has 2 aromatic rings. The number of rotatable bonds is 7. The van der Waals surface area contributed by atoms with Gasteiger partial charge in [0.05, 0.1) is 26.9 Å². The summed E-state index contributed by atoms with van der Waals surface area (Å²) in [6.45, 7) is 7.96. The van der Waals surface area contributed by atoms with Gasteiger partial charge in [0, 0.05) is 38.1 Å². The number of nitrogens with zero attached hydrogens (tertiary/aromatic N) is 2. The van der Waals surface area contributed by atoms with E-state index >= 15 is 0 Å². The Hall–Kier alpha value is -2.08. The molecule has 0 bridgehead atoms. The predicted octanol–water partition coefficient (Wildman–Crippen LogP) is 4.08. The van der Waals surface area contributed by atoms with E-state index in [1.807, 2.05) is 0 Å². The number of hydrogen-bond donors (Lipinski definition) is 0. The molecule has 5 heteroatoms. The maximum Gasteiger partial charge on any atom is 0.119 e. The molecule has 0 radical (unpaired) electrons. The lowest BCUT2D eigenvalue weighted by atomic mass is 9.81. The normalized spacial score (nSPS) is 23.9. The maximum absolute atomic E-state index is 6.19. The summed E-state index contributed by atoms with van der Waals surface area (Å²) in [5, 5.41) is 0. The van der Waals surface area contributed by atoms with Crippen molar-refractivity contribution in [3.05, 3.63) is 59.2 Å². The lowest BCUT2D eigenvalue weighted by molar-refractivity contribution is 0.0358. The van der Waals surface area contributed by atoms with Gasteiger partial charge in [0.2, 0.25) is 0 Å². The van der Waals surface area contributed by atoms with Gasteiger partial charge < -0.3 is 14.2 Å². The Morgan fingerprint density at radius 3 is 2.58 bits per heavy atom. The van der Waals surface area contributed by atoms with E-state index < -0.39 is 0 Å². The molecule has 0 amide bonds. The van der Waals surface area contributed by atoms with Crippen molar-refractivity contribution in [3.63, 3.8) is 0 Å². The summed E-state index contributed by atoms with van der Waals surface area (Å²) in [5.74, 6) is 2.34. The molecule has 3 aliphatic rings. The zero-order chi connectivity index (χ0) is 21.0. The van der Waals surface area contributed by atoms with Gasteiger partial charge in [0.15, 0.2) is 0 Å². The standard InChI is InChI=1S/C26H34N2O3/c1-29-21-7-5-20(6-8-21)25-19-28-12-2-4-26(28)24-18-22(9-10-23(24)25)31-15-3-11-27-13-16-30-17-14-27/h5-10,18,25-26H,2-4,11-17,19H2,1H3/t25?,26-/m1/s1. The lowest BCUT2D eigenvalue weighted by Gasteiger charge is -2.37. The molecule has 3 heterocycles. The van der Waals surface area contributed by atoms with Crippen LogP contribution in [0.3, 0.4) is 0 Å². The Balaban J connectivity index is 1.29. The van der Waals surface area contributed by atoms with Gasteiger partial charge in [-0.2, -0.15) is 0 Å². The Bertz CT molecular complexity index is 863. The Labute approximate surface area is 185 Å². The first-order valence-corrected chi connectivity index (χ1v) is 11.8. The molecular weight excluding hydrogens is 388 g/mol. The molecule has 2 aromatic carbocycles. The summed E-state index contributed by atoms with van der Waals surface area (Å²) >= 11 is 0. The highest BCUT2D eigenvalue weighted by molar-refractivity contribution is 5.47. The highest BCUT2D eigenvalue weighted by Gasteiger charge is 2.36. The molecular formula is C26H34N2O3. The fraction of sp³-hybridized carbons (Fsp3) is 0.538. The summed E-state index contributed by atoms with van der Waals surface area (Å²) < 4.78 is 17.0. The minimum atomic E-state index is 0.408. The third-order valence-corrected chi connectivity index (χ3v) is 7.08. The van der Waals surface area contributed by atoms with Gasteiger partial charge in [-0.15, -0.1) is 0 Å². The molecule has 2 saturated heterocycles. The molecule has 1 unspecified atom stereocenters. The van der Waals surface area contributed by atoms with Gasteiger partial charge in [-0.25, -0.2) is 0 Å². The van der Waals surface area contributed by atoms with Gasteiger partial charge in [-0.05, 0) is 66.8 Å². The number of morpholine rings is 1. The highest BCUT2D eigenvalue weighted by Crippen LogP contribution is 2.45. The quantitative estimate of drug-likeness (QED) is 0.628. The fourth-order valence-electron chi connectivity index (χ4n) is 5.40. The van der Waals surface area contributed by atoms with E-state index in [0.29, 0.717) is 12.0 Å². The SMILES string of the molecule is COc1ccc(C2CN3CCC[C@@H]3c3cc(OCCCN4CCOCC4)ccc32)cc1. The molecule has 3 aliphatic heterocycles. The van der Waals surface area contributed by atoms with Crippen LogP contribution in [0.25, 0.3) is 0 Å². The number of benzene rings is 2. The minimum Gasteiger partial charge on any atom is -0.497 e. The Morgan fingerprint density at radius 2 is 1.77 bits per heavy atom. The van der Waals surface area contributed by atoms with Crippen molar-refractivity contribution in [2.45, 2.75) is 31.2 Å². The molecule has 31 heavy (non-hydrogen) atoms. The van der Waals surface area contributed by atoms with Crippen molar-refractivity contribution in [2.24, 2.45) is 0 Å². The zero-order valence-electron chi connectivity index (χ0n) is 18.6. The number of ether oxygens (including phenoxy) is 3. The van der Waals surface area contributed by atoms with Crippen LogP contribution in [0.15, 0.2) is 42.5 Å². The van der Waals surface area contributed by atoms with E-state index in [4.69, 9.17) is 14.2 Å². The summed E-state index contributed by atoms with van der Waals surface area (Å²) in [6, 6.07) is 16.0. The predicted molar refractivity (Wildman–Crippen MR) is 122 cm³/mol. The fourth-order valence-corrected chi connectivity index (χ4v) is 5.40. The van der Waals surface area contributed by atoms with E-state index in [1.54, 1.807) is 7.11 Å². The Morgan fingerprint density at radius 1 is 0.968 bits per heavy atom. The van der Waals surface area contributed by atoms with Crippen LogP contribution in [0.4, 0.5) is 0 Å². The Kier molecular flexibility index (Phi) is 6.44. The first-order chi connectivity index (χ1) is 15.3. The van der Waals surface area contributed by atoms with Crippen molar-refractivity contribution in [3.8, 4) is 11.5 Å². The monoisotopic (exact) mass is 422 g/mol. The summed E-state index contributed by atoms with van der Waals surface area (Å²) in [5.41, 5.74) is 4.30. The van der Waals surface area contributed by atoms with Crippen LogP contribution in [0, 0.1) is 0 Å². The molecule has 0 spiro atoms. The van der Waals surface area contributed by atoms with Gasteiger partial charge in [-0.1, -0.05) is 18.2 Å². The van der Waals surface area contributed by atoms with Gasteiger partial charge >= 0.3 is 0 Å². The summed E-state index contributed by atoms with van der Waals surface area (Å²) in [6.07, 6.45) is 3.59. The molecule has 2 fully saturated rings. The minimum absolute atomic E-state index is 0.408. The van der Waals surface area contributed by atoms with Crippen LogP contribution < -0.4 is 9.47 Å². The maximum atomic E-state index is 6.19. The van der Waals surface area contributed by atoms with Crippen molar-refractivity contribution in [1.82, 2.24) is 9.80 Å². The van der Waals surface area contributed by atoms with Crippen LogP contribution in [0.2, 0.25) is 0 Å². The van der Waals surface area contributed by atoms with E-state index in [0.717, 1.165) is 63.9 Å². The van der Waals surface area contributed by atoms with Crippen molar-refractivity contribution in [1.29, 1.82) is 0 Å². The number of hydrogen-bond acceptors (Lipinski definition) is 5. The van der Waals surface area contributed by atoms with Crippen molar-refractivity contribution >= 4 is 0 Å². The highest BCUT2D eigenvalue weighted by atomic mass is 16.5. The second-order valence-electron chi connectivity index (χ2n) is 8.93. The van der Waals surface area contributed by atoms with Crippen LogP contribution in [0.1, 0.15) is 47.9 Å². The van der Waals surface area contributed by atoms with Crippen LogP contribution in [0.5, 0.6) is 11.5 Å². The van der Waals surface area contributed by atoms with Gasteiger partial charge in [0.1, 0.15) is 11.5 Å². The molecule has 5 nitrogen and oxygen atoms in total. The number of methoxy groups -OCH3 is 1. The first kappa shape index (κ1) is 20.8. The van der Waals surface area contributed by atoms with E-state index in [1.165, 1.54) is 36.1 Å². The second-order valence-corrected chi connectivity index (χ2v) is 8.93.